The maximum atomic E-state index is 10.1. The van der Waals surface area contributed by atoms with Crippen molar-refractivity contribution in [3.05, 3.63) is 0 Å². The van der Waals surface area contributed by atoms with E-state index in [1.165, 1.54) is 45.3 Å². The van der Waals surface area contributed by atoms with Gasteiger partial charge in [-0.15, -0.1) is 24.0 Å². The monoisotopic (exact) mass is 438 g/mol. The van der Waals surface area contributed by atoms with Gasteiger partial charge in [0.15, 0.2) is 5.96 Å². The van der Waals surface area contributed by atoms with Gasteiger partial charge < -0.3 is 20.6 Å². The number of likely N-dealkylation sites (tertiary alicyclic amines) is 1. The second-order valence-electron chi connectivity index (χ2n) is 6.81. The molecule has 2 aliphatic rings. The normalized spacial score (nSPS) is 21.7. The van der Waals surface area contributed by atoms with Crippen LogP contribution in [0.4, 0.5) is 0 Å². The van der Waals surface area contributed by atoms with Gasteiger partial charge in [-0.25, -0.2) is 0 Å². The molecular weight excluding hydrogens is 403 g/mol. The molecule has 1 saturated carbocycles. The van der Waals surface area contributed by atoms with E-state index in [2.05, 4.69) is 27.4 Å². The van der Waals surface area contributed by atoms with Crippen molar-refractivity contribution < 1.29 is 5.11 Å². The van der Waals surface area contributed by atoms with Crippen molar-refractivity contribution in [2.24, 2.45) is 4.99 Å². The van der Waals surface area contributed by atoms with Crippen molar-refractivity contribution in [2.75, 3.05) is 39.3 Å². The highest BCUT2D eigenvalue weighted by atomic mass is 127. The molecule has 6 heteroatoms. The first-order valence-electron chi connectivity index (χ1n) is 9.19. The van der Waals surface area contributed by atoms with E-state index in [0.29, 0.717) is 6.54 Å². The van der Waals surface area contributed by atoms with Crippen LogP contribution in [0.15, 0.2) is 4.99 Å². The lowest BCUT2D eigenvalue weighted by Gasteiger charge is -2.35. The molecule has 0 unspecified atom stereocenters. The molecule has 0 aromatic carbocycles. The molecule has 1 aliphatic heterocycles. The number of rotatable bonds is 7. The first-order valence-corrected chi connectivity index (χ1v) is 9.19. The Balaban J connectivity index is 0.00000264. The Morgan fingerprint density at radius 3 is 2.35 bits per heavy atom. The van der Waals surface area contributed by atoms with Gasteiger partial charge in [-0.2, -0.15) is 0 Å². The van der Waals surface area contributed by atoms with Gasteiger partial charge in [-0.3, -0.25) is 4.99 Å². The fourth-order valence-electron chi connectivity index (χ4n) is 3.18. The third-order valence-electron chi connectivity index (χ3n) is 4.80. The highest BCUT2D eigenvalue weighted by Gasteiger charge is 2.34. The van der Waals surface area contributed by atoms with Gasteiger partial charge in [0.2, 0.25) is 0 Å². The number of guanidine groups is 1. The van der Waals surface area contributed by atoms with Crippen molar-refractivity contribution in [3.63, 3.8) is 0 Å². The topological polar surface area (TPSA) is 59.9 Å². The molecule has 23 heavy (non-hydrogen) atoms. The van der Waals surface area contributed by atoms with Crippen molar-refractivity contribution in [1.82, 2.24) is 15.5 Å². The van der Waals surface area contributed by atoms with E-state index in [9.17, 15) is 5.11 Å². The third kappa shape index (κ3) is 8.03. The Hall–Kier alpha value is -0.0800. The lowest BCUT2D eigenvalue weighted by atomic mass is 9.80. The predicted octanol–water partition coefficient (Wildman–Crippen LogP) is 2.34. The summed E-state index contributed by atoms with van der Waals surface area (Å²) in [7, 11) is 0. The van der Waals surface area contributed by atoms with Crippen LogP contribution in [0.25, 0.3) is 0 Å². The van der Waals surface area contributed by atoms with E-state index < -0.39 is 5.60 Å². The second kappa shape index (κ2) is 11.5. The van der Waals surface area contributed by atoms with Gasteiger partial charge in [0.1, 0.15) is 0 Å². The van der Waals surface area contributed by atoms with Crippen molar-refractivity contribution in [3.8, 4) is 0 Å². The van der Waals surface area contributed by atoms with Gasteiger partial charge in [0, 0.05) is 13.1 Å². The summed E-state index contributed by atoms with van der Waals surface area (Å²) in [5.41, 5.74) is -0.533. The summed E-state index contributed by atoms with van der Waals surface area (Å²) in [4.78, 5) is 7.13. The van der Waals surface area contributed by atoms with Crippen molar-refractivity contribution in [2.45, 2.75) is 63.9 Å². The Morgan fingerprint density at radius 1 is 1.09 bits per heavy atom. The summed E-state index contributed by atoms with van der Waals surface area (Å²) in [6, 6.07) is 0. The third-order valence-corrected chi connectivity index (χ3v) is 4.80. The number of nitrogens with zero attached hydrogens (tertiary/aromatic N) is 2. The molecule has 2 rings (SSSR count). The summed E-state index contributed by atoms with van der Waals surface area (Å²) in [5, 5.41) is 16.8. The van der Waals surface area contributed by atoms with Gasteiger partial charge in [0.25, 0.3) is 0 Å². The van der Waals surface area contributed by atoms with Crippen LogP contribution in [-0.2, 0) is 0 Å². The predicted molar refractivity (Wildman–Crippen MR) is 108 cm³/mol. The van der Waals surface area contributed by atoms with Gasteiger partial charge >= 0.3 is 0 Å². The minimum atomic E-state index is -0.533. The molecule has 0 bridgehead atoms. The fraction of sp³-hybridized carbons (Fsp3) is 0.941. The molecule has 1 saturated heterocycles. The van der Waals surface area contributed by atoms with Crippen LogP contribution in [0, 0.1) is 0 Å². The Labute approximate surface area is 158 Å². The Kier molecular flexibility index (Phi) is 10.5. The first-order chi connectivity index (χ1) is 10.7. The molecule has 0 aromatic rings. The smallest absolute Gasteiger partial charge is 0.191 e. The number of hydrogen-bond acceptors (Lipinski definition) is 3. The number of aliphatic imine (C=N–C) groups is 1. The van der Waals surface area contributed by atoms with Crippen molar-refractivity contribution >= 4 is 29.9 Å². The highest BCUT2D eigenvalue weighted by molar-refractivity contribution is 14.0. The van der Waals surface area contributed by atoms with Gasteiger partial charge in [-0.05, 0) is 65.1 Å². The van der Waals surface area contributed by atoms with Gasteiger partial charge in [-0.1, -0.05) is 12.8 Å². The van der Waals surface area contributed by atoms with Crippen LogP contribution in [0.1, 0.15) is 58.3 Å². The zero-order valence-corrected chi connectivity index (χ0v) is 17.0. The zero-order valence-electron chi connectivity index (χ0n) is 14.6. The number of halogens is 1. The molecule has 1 aliphatic carbocycles. The van der Waals surface area contributed by atoms with E-state index in [4.69, 9.17) is 0 Å². The minimum absolute atomic E-state index is 0. The summed E-state index contributed by atoms with van der Waals surface area (Å²) in [5.74, 6) is 0.846. The molecule has 0 amide bonds. The minimum Gasteiger partial charge on any atom is -0.388 e. The molecule has 3 N–H and O–H groups in total. The second-order valence-corrected chi connectivity index (χ2v) is 6.81. The van der Waals surface area contributed by atoms with E-state index in [1.807, 2.05) is 0 Å². The molecule has 0 spiro atoms. The van der Waals surface area contributed by atoms with E-state index in [-0.39, 0.29) is 24.0 Å². The summed E-state index contributed by atoms with van der Waals surface area (Å²) in [6.45, 7) is 8.11. The number of aliphatic hydroxyl groups is 1. The molecule has 0 aromatic heterocycles. The molecule has 1 heterocycles. The molecular formula is C17H35IN4O. The highest BCUT2D eigenvalue weighted by Crippen LogP contribution is 2.31. The largest absolute Gasteiger partial charge is 0.388 e. The average Bonchev–Trinajstić information content (AvgIpc) is 2.75. The summed E-state index contributed by atoms with van der Waals surface area (Å²) in [6.07, 6.45) is 9.58. The maximum Gasteiger partial charge on any atom is 0.191 e. The van der Waals surface area contributed by atoms with Crippen LogP contribution in [0.2, 0.25) is 0 Å². The SMILES string of the molecule is CCNC(=NCC1(O)CCC1)NCCCN1CCCCCC1.I. The van der Waals surface area contributed by atoms with Crippen LogP contribution in [0.5, 0.6) is 0 Å². The lowest BCUT2D eigenvalue weighted by Crippen LogP contribution is -2.43. The fourth-order valence-corrected chi connectivity index (χ4v) is 3.18. The number of nitrogens with one attached hydrogen (secondary N) is 2. The van der Waals surface area contributed by atoms with E-state index in [1.54, 1.807) is 0 Å². The van der Waals surface area contributed by atoms with Crippen LogP contribution >= 0.6 is 24.0 Å². The quantitative estimate of drug-likeness (QED) is 0.247. The molecule has 136 valence electrons. The Morgan fingerprint density at radius 2 is 1.78 bits per heavy atom. The van der Waals surface area contributed by atoms with E-state index in [0.717, 1.165) is 44.7 Å². The van der Waals surface area contributed by atoms with E-state index >= 15 is 0 Å². The average molecular weight is 438 g/mol. The summed E-state index contributed by atoms with van der Waals surface area (Å²) >= 11 is 0. The summed E-state index contributed by atoms with van der Waals surface area (Å²) < 4.78 is 0. The molecule has 2 fully saturated rings. The van der Waals surface area contributed by atoms with Crippen LogP contribution in [0.3, 0.4) is 0 Å². The number of hydrogen-bond donors (Lipinski definition) is 3. The maximum absolute atomic E-state index is 10.1. The lowest BCUT2D eigenvalue weighted by molar-refractivity contribution is -0.0236. The van der Waals surface area contributed by atoms with Crippen LogP contribution < -0.4 is 10.6 Å². The van der Waals surface area contributed by atoms with Crippen molar-refractivity contribution in [1.29, 1.82) is 0 Å². The van der Waals surface area contributed by atoms with Gasteiger partial charge in [0.05, 0.1) is 12.1 Å². The Bertz CT molecular complexity index is 339. The zero-order chi connectivity index (χ0) is 15.7. The molecule has 0 radical (unpaired) electrons. The molecule has 5 nitrogen and oxygen atoms in total. The molecule has 0 atom stereocenters. The van der Waals surface area contributed by atoms with Crippen LogP contribution in [-0.4, -0.2) is 60.8 Å². The standard InChI is InChI=1S/C17H34N4O.HI/c1-2-18-16(20-15-17(22)9-7-10-17)19-11-8-14-21-12-5-3-4-6-13-21;/h22H,2-15H2,1H3,(H2,18,19,20);1H. The first kappa shape index (κ1) is 21.0.